The van der Waals surface area contributed by atoms with Crippen molar-refractivity contribution in [3.63, 3.8) is 0 Å². The molecule has 0 aliphatic carbocycles. The Hall–Kier alpha value is -3.52. The second-order valence-electron chi connectivity index (χ2n) is 10.5. The molecule has 186 valence electrons. The van der Waals surface area contributed by atoms with Gasteiger partial charge in [0.15, 0.2) is 0 Å². The molecule has 0 saturated carbocycles. The maximum absolute atomic E-state index is 4.04. The van der Waals surface area contributed by atoms with Crippen LogP contribution in [0.25, 0.3) is 0 Å². The lowest BCUT2D eigenvalue weighted by Gasteiger charge is -2.34. The third-order valence-electron chi connectivity index (χ3n) is 7.10. The summed E-state index contributed by atoms with van der Waals surface area (Å²) in [6, 6.07) is 35.0. The zero-order valence-corrected chi connectivity index (χ0v) is 22.5. The molecule has 2 N–H and O–H groups in total. The number of benzene rings is 4. The predicted octanol–water partition coefficient (Wildman–Crippen LogP) is 9.56. The van der Waals surface area contributed by atoms with E-state index in [9.17, 15) is 0 Å². The van der Waals surface area contributed by atoms with Crippen LogP contribution in [0.1, 0.15) is 85.0 Å². The van der Waals surface area contributed by atoms with E-state index in [1.54, 1.807) is 0 Å². The summed E-state index contributed by atoms with van der Waals surface area (Å²) in [6.07, 6.45) is 0. The van der Waals surface area contributed by atoms with E-state index in [1.807, 2.05) is 0 Å². The minimum atomic E-state index is 0.0202. The van der Waals surface area contributed by atoms with Gasteiger partial charge >= 0.3 is 0 Å². The molecule has 36 heavy (non-hydrogen) atoms. The van der Waals surface area contributed by atoms with Crippen LogP contribution < -0.4 is 10.6 Å². The van der Waals surface area contributed by atoms with Crippen LogP contribution in [0, 0.1) is 13.8 Å². The fraction of sp³-hybridized carbons (Fsp3) is 0.294. The van der Waals surface area contributed by atoms with Gasteiger partial charge in [-0.3, -0.25) is 0 Å². The average molecular weight is 477 g/mol. The van der Waals surface area contributed by atoms with Crippen LogP contribution in [0.2, 0.25) is 0 Å². The fourth-order valence-corrected chi connectivity index (χ4v) is 5.09. The molecule has 0 aliphatic rings. The maximum Gasteiger partial charge on any atom is 0.0757 e. The first-order valence-corrected chi connectivity index (χ1v) is 13.2. The SMILES string of the molecule is Cc1cccc(C(C)C)c1N[C@H](c1ccccc1)[C@@H](Nc1c(C)cccc1C(C)C)c1ccccc1. The topological polar surface area (TPSA) is 24.1 Å². The second kappa shape index (κ2) is 11.5. The molecule has 2 atom stereocenters. The Kier molecular flexibility index (Phi) is 8.15. The number of nitrogens with one attached hydrogen (secondary N) is 2. The van der Waals surface area contributed by atoms with E-state index in [0.717, 1.165) is 0 Å². The van der Waals surface area contributed by atoms with Crippen molar-refractivity contribution in [3.05, 3.63) is 130 Å². The Bertz CT molecular complexity index is 1160. The van der Waals surface area contributed by atoms with E-state index in [1.165, 1.54) is 44.8 Å². The van der Waals surface area contributed by atoms with Gasteiger partial charge in [0.2, 0.25) is 0 Å². The van der Waals surface area contributed by atoms with Crippen LogP contribution >= 0.6 is 0 Å². The first-order chi connectivity index (χ1) is 17.4. The standard InChI is InChI=1S/C34H40N2/c1-23(2)29-21-13-15-25(5)31(29)35-33(27-17-9-7-10-18-27)34(28-19-11-8-12-20-28)36-32-26(6)16-14-22-30(32)24(3)4/h7-24,33-36H,1-6H3/t33-,34+. The zero-order chi connectivity index (χ0) is 25.7. The molecule has 0 heterocycles. The molecule has 4 rings (SSSR count). The third-order valence-corrected chi connectivity index (χ3v) is 7.10. The highest BCUT2D eigenvalue weighted by Gasteiger charge is 2.28. The first kappa shape index (κ1) is 25.6. The lowest BCUT2D eigenvalue weighted by molar-refractivity contribution is 0.644. The highest BCUT2D eigenvalue weighted by molar-refractivity contribution is 5.63. The minimum absolute atomic E-state index is 0.0202. The summed E-state index contributed by atoms with van der Waals surface area (Å²) in [5.74, 6) is 0.853. The summed E-state index contributed by atoms with van der Waals surface area (Å²) in [6.45, 7) is 13.5. The predicted molar refractivity (Wildman–Crippen MR) is 156 cm³/mol. The lowest BCUT2D eigenvalue weighted by atomic mass is 9.89. The van der Waals surface area contributed by atoms with Gasteiger partial charge in [-0.05, 0) is 59.1 Å². The van der Waals surface area contributed by atoms with Crippen molar-refractivity contribution in [2.75, 3.05) is 10.6 Å². The summed E-state index contributed by atoms with van der Waals surface area (Å²) in [5.41, 5.74) is 10.2. The smallest absolute Gasteiger partial charge is 0.0757 e. The quantitative estimate of drug-likeness (QED) is 0.251. The van der Waals surface area contributed by atoms with Gasteiger partial charge in [-0.1, -0.05) is 125 Å². The van der Waals surface area contributed by atoms with Gasteiger partial charge in [0, 0.05) is 11.4 Å². The van der Waals surface area contributed by atoms with Gasteiger partial charge in [-0.15, -0.1) is 0 Å². The second-order valence-corrected chi connectivity index (χ2v) is 10.5. The van der Waals surface area contributed by atoms with Crippen molar-refractivity contribution in [2.24, 2.45) is 0 Å². The Morgan fingerprint density at radius 1 is 0.444 bits per heavy atom. The molecule has 0 amide bonds. The van der Waals surface area contributed by atoms with E-state index >= 15 is 0 Å². The third kappa shape index (κ3) is 5.65. The number of aryl methyl sites for hydroxylation is 2. The van der Waals surface area contributed by atoms with Gasteiger partial charge in [0.05, 0.1) is 12.1 Å². The molecule has 0 unspecified atom stereocenters. The lowest BCUT2D eigenvalue weighted by Crippen LogP contribution is -2.27. The summed E-state index contributed by atoms with van der Waals surface area (Å²) in [4.78, 5) is 0. The van der Waals surface area contributed by atoms with E-state index in [0.29, 0.717) is 11.8 Å². The van der Waals surface area contributed by atoms with Crippen molar-refractivity contribution < 1.29 is 0 Å². The Morgan fingerprint density at radius 2 is 0.806 bits per heavy atom. The van der Waals surface area contributed by atoms with Crippen molar-refractivity contribution in [3.8, 4) is 0 Å². The summed E-state index contributed by atoms with van der Waals surface area (Å²) in [7, 11) is 0. The van der Waals surface area contributed by atoms with Crippen LogP contribution in [0.5, 0.6) is 0 Å². The summed E-state index contributed by atoms with van der Waals surface area (Å²) < 4.78 is 0. The molecule has 4 aromatic carbocycles. The average Bonchev–Trinajstić information content (AvgIpc) is 2.88. The molecular formula is C34H40N2. The molecule has 0 bridgehead atoms. The molecule has 0 fully saturated rings. The minimum Gasteiger partial charge on any atom is -0.375 e. The molecule has 0 spiro atoms. The molecule has 0 radical (unpaired) electrons. The van der Waals surface area contributed by atoms with Crippen LogP contribution in [-0.2, 0) is 0 Å². The Balaban J connectivity index is 1.89. The first-order valence-electron chi connectivity index (χ1n) is 13.2. The Morgan fingerprint density at radius 3 is 1.14 bits per heavy atom. The number of rotatable bonds is 9. The van der Waals surface area contributed by atoms with Crippen LogP contribution in [0.4, 0.5) is 11.4 Å². The van der Waals surface area contributed by atoms with E-state index in [4.69, 9.17) is 0 Å². The van der Waals surface area contributed by atoms with Crippen molar-refractivity contribution in [2.45, 2.75) is 65.5 Å². The van der Waals surface area contributed by atoms with Gasteiger partial charge in [0.1, 0.15) is 0 Å². The molecule has 0 saturated heterocycles. The van der Waals surface area contributed by atoms with E-state index < -0.39 is 0 Å². The summed E-state index contributed by atoms with van der Waals surface area (Å²) in [5, 5.41) is 8.08. The van der Waals surface area contributed by atoms with E-state index in [-0.39, 0.29) is 12.1 Å². The van der Waals surface area contributed by atoms with Crippen LogP contribution in [-0.4, -0.2) is 0 Å². The maximum atomic E-state index is 4.04. The molecule has 0 aliphatic heterocycles. The highest BCUT2D eigenvalue weighted by atomic mass is 15.0. The van der Waals surface area contributed by atoms with Gasteiger partial charge in [0.25, 0.3) is 0 Å². The summed E-state index contributed by atoms with van der Waals surface area (Å²) >= 11 is 0. The zero-order valence-electron chi connectivity index (χ0n) is 22.5. The van der Waals surface area contributed by atoms with Gasteiger partial charge in [-0.25, -0.2) is 0 Å². The molecule has 2 heteroatoms. The van der Waals surface area contributed by atoms with Gasteiger partial charge in [-0.2, -0.15) is 0 Å². The van der Waals surface area contributed by atoms with Crippen LogP contribution in [0.15, 0.2) is 97.1 Å². The molecule has 0 aromatic heterocycles. The van der Waals surface area contributed by atoms with Crippen molar-refractivity contribution >= 4 is 11.4 Å². The molecule has 2 nitrogen and oxygen atoms in total. The Labute approximate surface area is 217 Å². The fourth-order valence-electron chi connectivity index (χ4n) is 5.09. The monoisotopic (exact) mass is 476 g/mol. The largest absolute Gasteiger partial charge is 0.375 e. The van der Waals surface area contributed by atoms with Crippen molar-refractivity contribution in [1.82, 2.24) is 0 Å². The highest BCUT2D eigenvalue weighted by Crippen LogP contribution is 2.40. The van der Waals surface area contributed by atoms with Gasteiger partial charge < -0.3 is 10.6 Å². The number of hydrogen-bond acceptors (Lipinski definition) is 2. The number of anilines is 2. The number of hydrogen-bond donors (Lipinski definition) is 2. The molecular weight excluding hydrogens is 436 g/mol. The molecule has 4 aromatic rings. The van der Waals surface area contributed by atoms with Crippen molar-refractivity contribution in [1.29, 1.82) is 0 Å². The normalized spacial score (nSPS) is 13.0. The van der Waals surface area contributed by atoms with Crippen LogP contribution in [0.3, 0.4) is 0 Å². The van der Waals surface area contributed by atoms with E-state index in [2.05, 4.69) is 149 Å². The number of para-hydroxylation sites is 2.